The van der Waals surface area contributed by atoms with Gasteiger partial charge in [0.05, 0.1) is 0 Å². The number of rotatable bonds is 7. The molecule has 0 aliphatic heterocycles. The van der Waals surface area contributed by atoms with Gasteiger partial charge in [-0.1, -0.05) is 42.8 Å². The Balaban J connectivity index is 2.86. The van der Waals surface area contributed by atoms with E-state index in [0.29, 0.717) is 12.1 Å². The van der Waals surface area contributed by atoms with Crippen molar-refractivity contribution in [2.45, 2.75) is 53.1 Å². The van der Waals surface area contributed by atoms with E-state index in [1.165, 1.54) is 22.1 Å². The smallest absolute Gasteiger partial charge is 0.0377 e. The summed E-state index contributed by atoms with van der Waals surface area (Å²) in [5, 5.41) is 3.46. The minimum atomic E-state index is 0.377. The number of nitrogens with zero attached hydrogens (tertiary/aromatic N) is 1. The van der Waals surface area contributed by atoms with E-state index in [1.807, 2.05) is 0 Å². The lowest BCUT2D eigenvalue weighted by Gasteiger charge is -2.29. The standard InChI is InChI=1S/C17H29BrN2/c1-7-19-14(5)16-9-8-15(11-17(16)18)20(6)13(4)10-12(2)3/h8-9,11-14,19H,7,10H2,1-6H3. The van der Waals surface area contributed by atoms with Gasteiger partial charge in [-0.3, -0.25) is 0 Å². The van der Waals surface area contributed by atoms with Crippen LogP contribution in [-0.2, 0) is 0 Å². The largest absolute Gasteiger partial charge is 0.372 e. The molecule has 2 nitrogen and oxygen atoms in total. The zero-order valence-electron chi connectivity index (χ0n) is 13.7. The van der Waals surface area contributed by atoms with E-state index in [-0.39, 0.29) is 0 Å². The summed E-state index contributed by atoms with van der Waals surface area (Å²) in [5.41, 5.74) is 2.60. The first-order chi connectivity index (χ1) is 9.36. The second-order valence-corrected chi connectivity index (χ2v) is 6.93. The Morgan fingerprint density at radius 1 is 1.20 bits per heavy atom. The highest BCUT2D eigenvalue weighted by Gasteiger charge is 2.14. The normalized spacial score (nSPS) is 14.4. The van der Waals surface area contributed by atoms with Gasteiger partial charge in [0.25, 0.3) is 0 Å². The highest BCUT2D eigenvalue weighted by Crippen LogP contribution is 2.29. The molecule has 0 spiro atoms. The van der Waals surface area contributed by atoms with E-state index >= 15 is 0 Å². The summed E-state index contributed by atoms with van der Waals surface area (Å²) >= 11 is 3.72. The molecule has 0 aliphatic rings. The summed E-state index contributed by atoms with van der Waals surface area (Å²) < 4.78 is 1.19. The second kappa shape index (κ2) is 8.04. The Hall–Kier alpha value is -0.540. The van der Waals surface area contributed by atoms with E-state index in [0.717, 1.165) is 12.5 Å². The summed E-state index contributed by atoms with van der Waals surface area (Å²) in [7, 11) is 2.18. The predicted molar refractivity (Wildman–Crippen MR) is 93.6 cm³/mol. The average Bonchev–Trinajstić information content (AvgIpc) is 2.37. The fourth-order valence-corrected chi connectivity index (χ4v) is 3.31. The molecule has 0 saturated carbocycles. The monoisotopic (exact) mass is 340 g/mol. The third kappa shape index (κ3) is 4.78. The first-order valence-corrected chi connectivity index (χ1v) is 8.41. The van der Waals surface area contributed by atoms with Crippen LogP contribution in [0, 0.1) is 5.92 Å². The van der Waals surface area contributed by atoms with Crippen molar-refractivity contribution in [3.63, 3.8) is 0 Å². The Morgan fingerprint density at radius 2 is 1.85 bits per heavy atom. The number of nitrogens with one attached hydrogen (secondary N) is 1. The van der Waals surface area contributed by atoms with Gasteiger partial charge < -0.3 is 10.2 Å². The molecule has 0 radical (unpaired) electrons. The van der Waals surface area contributed by atoms with Crippen molar-refractivity contribution in [1.82, 2.24) is 5.32 Å². The summed E-state index contributed by atoms with van der Waals surface area (Å²) in [5.74, 6) is 0.726. The minimum Gasteiger partial charge on any atom is -0.372 e. The molecule has 0 aromatic heterocycles. The lowest BCUT2D eigenvalue weighted by Crippen LogP contribution is -2.30. The van der Waals surface area contributed by atoms with Crippen LogP contribution in [-0.4, -0.2) is 19.6 Å². The van der Waals surface area contributed by atoms with Gasteiger partial charge in [-0.2, -0.15) is 0 Å². The summed E-state index contributed by atoms with van der Waals surface area (Å²) in [4.78, 5) is 2.37. The molecule has 1 aromatic carbocycles. The summed E-state index contributed by atoms with van der Waals surface area (Å²) in [6, 6.07) is 7.62. The van der Waals surface area contributed by atoms with E-state index in [9.17, 15) is 0 Å². The number of hydrogen-bond donors (Lipinski definition) is 1. The number of hydrogen-bond acceptors (Lipinski definition) is 2. The fraction of sp³-hybridized carbons (Fsp3) is 0.647. The molecular formula is C17H29BrN2. The van der Waals surface area contributed by atoms with Crippen LogP contribution in [0.1, 0.15) is 52.6 Å². The van der Waals surface area contributed by atoms with Crippen LogP contribution in [0.5, 0.6) is 0 Å². The van der Waals surface area contributed by atoms with Crippen LogP contribution in [0.2, 0.25) is 0 Å². The van der Waals surface area contributed by atoms with Crippen LogP contribution >= 0.6 is 15.9 Å². The van der Waals surface area contributed by atoms with Crippen LogP contribution in [0.25, 0.3) is 0 Å². The van der Waals surface area contributed by atoms with Gasteiger partial charge in [0, 0.05) is 29.3 Å². The highest BCUT2D eigenvalue weighted by atomic mass is 79.9. The quantitative estimate of drug-likeness (QED) is 0.752. The summed E-state index contributed by atoms with van der Waals surface area (Å²) in [6.07, 6.45) is 1.21. The van der Waals surface area contributed by atoms with Gasteiger partial charge >= 0.3 is 0 Å². The minimum absolute atomic E-state index is 0.377. The first-order valence-electron chi connectivity index (χ1n) is 7.62. The van der Waals surface area contributed by atoms with Gasteiger partial charge in [0.15, 0.2) is 0 Å². The Morgan fingerprint density at radius 3 is 2.35 bits per heavy atom. The lowest BCUT2D eigenvalue weighted by molar-refractivity contribution is 0.504. The molecule has 1 rings (SSSR count). The molecule has 1 aromatic rings. The molecule has 0 saturated heterocycles. The third-order valence-corrected chi connectivity index (χ3v) is 4.53. The number of anilines is 1. The van der Waals surface area contributed by atoms with Crippen LogP contribution in [0.4, 0.5) is 5.69 Å². The second-order valence-electron chi connectivity index (χ2n) is 6.07. The first kappa shape index (κ1) is 17.5. The third-order valence-electron chi connectivity index (χ3n) is 3.84. The lowest BCUT2D eigenvalue weighted by atomic mass is 10.0. The Kier molecular flexibility index (Phi) is 7.04. The molecule has 0 heterocycles. The van der Waals surface area contributed by atoms with E-state index in [1.54, 1.807) is 0 Å². The zero-order valence-corrected chi connectivity index (χ0v) is 15.3. The fourth-order valence-electron chi connectivity index (χ4n) is 2.60. The van der Waals surface area contributed by atoms with Crippen molar-refractivity contribution in [2.24, 2.45) is 5.92 Å². The average molecular weight is 341 g/mol. The van der Waals surface area contributed by atoms with Crippen LogP contribution in [0.3, 0.4) is 0 Å². The number of halogens is 1. The van der Waals surface area contributed by atoms with Gasteiger partial charge in [0.1, 0.15) is 0 Å². The molecule has 3 heteroatoms. The predicted octanol–water partition coefficient (Wildman–Crippen LogP) is 4.99. The van der Waals surface area contributed by atoms with Gasteiger partial charge in [0.2, 0.25) is 0 Å². The molecule has 0 bridgehead atoms. The van der Waals surface area contributed by atoms with Crippen molar-refractivity contribution in [3.8, 4) is 0 Å². The van der Waals surface area contributed by atoms with Crippen molar-refractivity contribution in [3.05, 3.63) is 28.2 Å². The molecule has 1 N–H and O–H groups in total. The molecule has 20 heavy (non-hydrogen) atoms. The molecule has 2 unspecified atom stereocenters. The van der Waals surface area contributed by atoms with Crippen molar-refractivity contribution in [2.75, 3.05) is 18.5 Å². The highest BCUT2D eigenvalue weighted by molar-refractivity contribution is 9.10. The van der Waals surface area contributed by atoms with E-state index < -0.39 is 0 Å². The Labute approximate surface area is 133 Å². The maximum absolute atomic E-state index is 3.72. The van der Waals surface area contributed by atoms with Gasteiger partial charge in [-0.25, -0.2) is 0 Å². The van der Waals surface area contributed by atoms with Gasteiger partial charge in [-0.05, 0) is 50.4 Å². The number of benzene rings is 1. The van der Waals surface area contributed by atoms with Crippen molar-refractivity contribution < 1.29 is 0 Å². The van der Waals surface area contributed by atoms with Crippen LogP contribution < -0.4 is 10.2 Å². The molecule has 114 valence electrons. The molecule has 0 fully saturated rings. The Bertz CT molecular complexity index is 417. The topological polar surface area (TPSA) is 15.3 Å². The van der Waals surface area contributed by atoms with Gasteiger partial charge in [-0.15, -0.1) is 0 Å². The molecule has 0 aliphatic carbocycles. The SMILES string of the molecule is CCNC(C)c1ccc(N(C)C(C)CC(C)C)cc1Br. The maximum atomic E-state index is 3.72. The molecular weight excluding hydrogens is 312 g/mol. The molecule has 2 atom stereocenters. The van der Waals surface area contributed by atoms with Crippen molar-refractivity contribution >= 4 is 21.6 Å². The summed E-state index contributed by atoms with van der Waals surface area (Å²) in [6.45, 7) is 12.2. The molecule has 0 amide bonds. The van der Waals surface area contributed by atoms with E-state index in [2.05, 4.69) is 86.0 Å². The zero-order chi connectivity index (χ0) is 15.3. The van der Waals surface area contributed by atoms with Crippen molar-refractivity contribution in [1.29, 1.82) is 0 Å². The maximum Gasteiger partial charge on any atom is 0.0377 e. The van der Waals surface area contributed by atoms with Crippen LogP contribution in [0.15, 0.2) is 22.7 Å². The van der Waals surface area contributed by atoms with E-state index in [4.69, 9.17) is 0 Å².